The summed E-state index contributed by atoms with van der Waals surface area (Å²) in [7, 11) is 3.72. The van der Waals surface area contributed by atoms with E-state index in [0.717, 1.165) is 37.9 Å². The zero-order chi connectivity index (χ0) is 27.3. The molecule has 4 N–H and O–H groups in total. The minimum Gasteiger partial charge on any atom is -0.371 e. The number of ether oxygens (including phenoxy) is 1. The molecule has 1 saturated carbocycles. The molecular formula is C28H44ClN7O2. The number of guanidine groups is 1. The number of carbonyl (C=O) groups is 1. The normalized spacial score (nSPS) is 20.4. The largest absolute Gasteiger partial charge is 0.371 e. The number of halogens is 1. The summed E-state index contributed by atoms with van der Waals surface area (Å²) in [4.78, 5) is 20.6. The lowest BCUT2D eigenvalue weighted by atomic mass is 9.85. The molecule has 2 amide bonds. The van der Waals surface area contributed by atoms with Crippen LogP contribution < -0.4 is 16.4 Å². The van der Waals surface area contributed by atoms with E-state index in [9.17, 15) is 4.79 Å². The van der Waals surface area contributed by atoms with Crippen LogP contribution in [0.5, 0.6) is 0 Å². The predicted octanol–water partition coefficient (Wildman–Crippen LogP) is 4.11. The number of urea groups is 1. The van der Waals surface area contributed by atoms with Crippen molar-refractivity contribution in [1.29, 1.82) is 5.26 Å². The van der Waals surface area contributed by atoms with Crippen LogP contribution >= 0.6 is 11.6 Å². The molecule has 3 atom stereocenters. The average Bonchev–Trinajstić information content (AvgIpc) is 2.92. The van der Waals surface area contributed by atoms with Crippen molar-refractivity contribution in [2.24, 2.45) is 22.6 Å². The van der Waals surface area contributed by atoms with Crippen LogP contribution in [0.3, 0.4) is 0 Å². The molecule has 3 unspecified atom stereocenters. The average molecular weight is 546 g/mol. The molecule has 2 aliphatic rings. The van der Waals surface area contributed by atoms with Crippen molar-refractivity contribution >= 4 is 23.6 Å². The van der Waals surface area contributed by atoms with Crippen LogP contribution in [-0.4, -0.2) is 74.7 Å². The molecular weight excluding hydrogens is 502 g/mol. The summed E-state index contributed by atoms with van der Waals surface area (Å²) < 4.78 is 6.41. The van der Waals surface area contributed by atoms with E-state index in [-0.39, 0.29) is 30.1 Å². The van der Waals surface area contributed by atoms with Gasteiger partial charge in [0.25, 0.3) is 0 Å². The second-order valence-electron chi connectivity index (χ2n) is 10.6. The predicted molar refractivity (Wildman–Crippen MR) is 152 cm³/mol. The van der Waals surface area contributed by atoms with Crippen LogP contribution in [0.15, 0.2) is 29.3 Å². The highest BCUT2D eigenvalue weighted by atomic mass is 35.5. The van der Waals surface area contributed by atoms with Crippen LogP contribution in [0.1, 0.15) is 63.0 Å². The third-order valence-electron chi connectivity index (χ3n) is 7.75. The number of likely N-dealkylation sites (tertiary alicyclic amines) is 1. The number of benzene rings is 1. The second-order valence-corrected chi connectivity index (χ2v) is 11.1. The molecule has 0 radical (unpaired) electrons. The van der Waals surface area contributed by atoms with Gasteiger partial charge in [-0.15, -0.1) is 4.99 Å². The third-order valence-corrected chi connectivity index (χ3v) is 7.99. The van der Waals surface area contributed by atoms with Crippen molar-refractivity contribution in [3.8, 4) is 6.19 Å². The van der Waals surface area contributed by atoms with Gasteiger partial charge >= 0.3 is 6.03 Å². The van der Waals surface area contributed by atoms with Gasteiger partial charge in [-0.05, 0) is 49.9 Å². The summed E-state index contributed by atoms with van der Waals surface area (Å²) in [6.45, 7) is 3.01. The monoisotopic (exact) mass is 545 g/mol. The highest BCUT2D eigenvalue weighted by Crippen LogP contribution is 2.34. The fraction of sp³-hybridized carbons (Fsp3) is 0.679. The molecule has 1 heterocycles. The fourth-order valence-corrected chi connectivity index (χ4v) is 5.93. The number of hydrogen-bond acceptors (Lipinski definition) is 5. The van der Waals surface area contributed by atoms with Crippen molar-refractivity contribution in [2.75, 3.05) is 46.9 Å². The highest BCUT2D eigenvalue weighted by Gasteiger charge is 2.32. The quantitative estimate of drug-likeness (QED) is 0.219. The third kappa shape index (κ3) is 9.33. The number of nitrogens with two attached hydrogens (primary N) is 1. The Balaban J connectivity index is 1.64. The maximum atomic E-state index is 13.4. The number of carbonyl (C=O) groups excluding carboxylic acids is 1. The van der Waals surface area contributed by atoms with E-state index in [1.165, 1.54) is 32.1 Å². The maximum absolute atomic E-state index is 13.4. The lowest BCUT2D eigenvalue weighted by Gasteiger charge is -2.38. The number of nitrogens with one attached hydrogen (secondary N) is 2. The Morgan fingerprint density at radius 3 is 2.82 bits per heavy atom. The zero-order valence-corrected chi connectivity index (χ0v) is 23.6. The fourth-order valence-electron chi connectivity index (χ4n) is 5.73. The molecule has 0 aromatic heterocycles. The number of nitriles is 1. The van der Waals surface area contributed by atoms with Crippen molar-refractivity contribution in [1.82, 2.24) is 20.4 Å². The Bertz CT molecular complexity index is 947. The van der Waals surface area contributed by atoms with Gasteiger partial charge in [0.1, 0.15) is 0 Å². The number of likely N-dealkylation sites (N-methyl/N-ethyl adjacent to an activating group) is 2. The molecule has 1 aromatic carbocycles. The van der Waals surface area contributed by atoms with Crippen molar-refractivity contribution < 1.29 is 9.53 Å². The van der Waals surface area contributed by atoms with E-state index in [1.807, 2.05) is 36.2 Å². The number of rotatable bonds is 11. The molecule has 0 bridgehead atoms. The molecule has 10 heteroatoms. The molecule has 38 heavy (non-hydrogen) atoms. The zero-order valence-electron chi connectivity index (χ0n) is 22.9. The standard InChI is InChI=1S/C28H44ClN7O2/c1-32-18-25(16-21-8-4-3-5-9-21)34-28(37)36-13-7-11-23(19-36)26(22-10-6-12-24(29)17-22)38-15-14-35(2)27(31)33-20-30/h6,10,12,17,21,23,25-26,32H,3-5,7-9,11,13-16,18-19H2,1-2H3,(H2,31,33)(H,34,37). The van der Waals surface area contributed by atoms with Crippen LogP contribution in [0.4, 0.5) is 4.79 Å². The van der Waals surface area contributed by atoms with E-state index in [2.05, 4.69) is 15.6 Å². The Kier molecular flexibility index (Phi) is 12.5. The SMILES string of the molecule is CNCC(CC1CCCCC1)NC(=O)N1CCCC(C(OCCN(C)C(N)=NC#N)c2cccc(Cl)c2)C1. The number of amides is 2. The number of hydrogen-bond donors (Lipinski definition) is 3. The van der Waals surface area contributed by atoms with Gasteiger partial charge in [0.2, 0.25) is 12.2 Å². The van der Waals surface area contributed by atoms with Crippen LogP contribution in [0.2, 0.25) is 5.02 Å². The van der Waals surface area contributed by atoms with Crippen molar-refractivity contribution in [3.05, 3.63) is 34.9 Å². The lowest BCUT2D eigenvalue weighted by Crippen LogP contribution is -2.52. The molecule has 0 spiro atoms. The molecule has 3 rings (SSSR count). The minimum absolute atomic E-state index is 0.0100. The Morgan fingerprint density at radius 1 is 1.32 bits per heavy atom. The van der Waals surface area contributed by atoms with E-state index in [4.69, 9.17) is 27.3 Å². The Hall–Kier alpha value is -2.54. The molecule has 1 aliphatic heterocycles. The Labute approximate surface area is 232 Å². The van der Waals surface area contributed by atoms with Gasteiger partial charge in [-0.25, -0.2) is 4.79 Å². The van der Waals surface area contributed by atoms with Gasteiger partial charge in [-0.2, -0.15) is 5.26 Å². The number of piperidine rings is 1. The van der Waals surface area contributed by atoms with Gasteiger partial charge in [0, 0.05) is 50.2 Å². The van der Waals surface area contributed by atoms with Crippen molar-refractivity contribution in [2.45, 2.75) is 63.5 Å². The molecule has 9 nitrogen and oxygen atoms in total. The van der Waals surface area contributed by atoms with Gasteiger partial charge < -0.3 is 30.9 Å². The van der Waals surface area contributed by atoms with Crippen LogP contribution in [-0.2, 0) is 4.74 Å². The summed E-state index contributed by atoms with van der Waals surface area (Å²) >= 11 is 6.33. The number of aliphatic imine (C=N–C) groups is 1. The van der Waals surface area contributed by atoms with E-state index in [0.29, 0.717) is 30.6 Å². The van der Waals surface area contributed by atoms with Gasteiger partial charge in [0.05, 0.1) is 12.7 Å². The summed E-state index contributed by atoms with van der Waals surface area (Å²) in [5, 5.41) is 16.0. The Morgan fingerprint density at radius 2 is 2.11 bits per heavy atom. The van der Waals surface area contributed by atoms with Gasteiger partial charge in [0.15, 0.2) is 0 Å². The molecule has 1 aromatic rings. The van der Waals surface area contributed by atoms with E-state index in [1.54, 1.807) is 18.1 Å². The lowest BCUT2D eigenvalue weighted by molar-refractivity contribution is -0.0129. The summed E-state index contributed by atoms with van der Waals surface area (Å²) in [6.07, 6.45) is 10.9. The van der Waals surface area contributed by atoms with Crippen molar-refractivity contribution in [3.63, 3.8) is 0 Å². The van der Waals surface area contributed by atoms with E-state index < -0.39 is 0 Å². The summed E-state index contributed by atoms with van der Waals surface area (Å²) in [5.41, 5.74) is 6.81. The minimum atomic E-state index is -0.220. The first kappa shape index (κ1) is 30.0. The molecule has 1 aliphatic carbocycles. The summed E-state index contributed by atoms with van der Waals surface area (Å²) in [6, 6.07) is 7.89. The maximum Gasteiger partial charge on any atom is 0.317 e. The van der Waals surface area contributed by atoms with E-state index >= 15 is 0 Å². The second kappa shape index (κ2) is 15.8. The van der Waals surface area contributed by atoms with Gasteiger partial charge in [-0.3, -0.25) is 0 Å². The van der Waals surface area contributed by atoms with Crippen LogP contribution in [0, 0.1) is 23.3 Å². The first-order valence-corrected chi connectivity index (χ1v) is 14.3. The summed E-state index contributed by atoms with van der Waals surface area (Å²) in [5.74, 6) is 0.979. The topological polar surface area (TPSA) is 119 Å². The molecule has 2 fully saturated rings. The number of nitrogens with zero attached hydrogens (tertiary/aromatic N) is 4. The molecule has 210 valence electrons. The highest BCUT2D eigenvalue weighted by molar-refractivity contribution is 6.30. The first-order chi connectivity index (χ1) is 18.4. The van der Waals surface area contributed by atoms with Crippen LogP contribution in [0.25, 0.3) is 0 Å². The molecule has 1 saturated heterocycles. The smallest absolute Gasteiger partial charge is 0.317 e. The first-order valence-electron chi connectivity index (χ1n) is 13.9. The van der Waals surface area contributed by atoms with Gasteiger partial charge in [-0.1, -0.05) is 55.8 Å².